The van der Waals surface area contributed by atoms with Gasteiger partial charge in [0.15, 0.2) is 5.96 Å². The molecule has 29 heavy (non-hydrogen) atoms. The van der Waals surface area contributed by atoms with Crippen molar-refractivity contribution in [1.82, 2.24) is 15.5 Å². The maximum atomic E-state index is 11.9. The molecule has 0 radical (unpaired) electrons. The molecule has 1 saturated heterocycles. The fraction of sp³-hybridized carbons (Fsp3) is 0.571. The Bertz CT molecular complexity index is 695. The number of hydrogen-bond donors (Lipinski definition) is 3. The molecule has 1 aliphatic heterocycles. The van der Waals surface area contributed by atoms with Gasteiger partial charge in [0.1, 0.15) is 0 Å². The van der Waals surface area contributed by atoms with E-state index >= 15 is 0 Å². The van der Waals surface area contributed by atoms with Crippen molar-refractivity contribution in [2.45, 2.75) is 59.0 Å². The van der Waals surface area contributed by atoms with Crippen molar-refractivity contribution in [3.05, 3.63) is 29.8 Å². The van der Waals surface area contributed by atoms with E-state index in [1.807, 2.05) is 49.9 Å². The third kappa shape index (κ3) is 8.59. The average molecular weight is 515 g/mol. The molecule has 8 heteroatoms. The summed E-state index contributed by atoms with van der Waals surface area (Å²) in [6.07, 6.45) is 2.83. The second-order valence-electron chi connectivity index (χ2n) is 7.02. The lowest BCUT2D eigenvalue weighted by molar-refractivity contribution is -0.129. The highest BCUT2D eigenvalue weighted by molar-refractivity contribution is 14.0. The van der Waals surface area contributed by atoms with Gasteiger partial charge >= 0.3 is 0 Å². The fourth-order valence-electron chi connectivity index (χ4n) is 3.21. The van der Waals surface area contributed by atoms with Gasteiger partial charge in [0.2, 0.25) is 11.8 Å². The standard InChI is InChI=1S/C21H33N5O2.HI/c1-4-8-19(27)24-17-10-7-9-16(13-17)14-23-21(22-6-3)25-18-11-12-26(15-18)20(28)5-2;/h7,9-10,13,18H,4-6,8,11-12,14-15H2,1-3H3,(H,24,27)(H2,22,23,25);1H. The molecule has 0 saturated carbocycles. The Morgan fingerprint density at radius 2 is 2.03 bits per heavy atom. The van der Waals surface area contributed by atoms with E-state index in [-0.39, 0.29) is 41.8 Å². The summed E-state index contributed by atoms with van der Waals surface area (Å²) in [5.74, 6) is 0.984. The molecule has 7 nitrogen and oxygen atoms in total. The van der Waals surface area contributed by atoms with E-state index in [9.17, 15) is 9.59 Å². The number of nitrogens with zero attached hydrogens (tertiary/aromatic N) is 2. The van der Waals surface area contributed by atoms with E-state index in [2.05, 4.69) is 20.9 Å². The maximum absolute atomic E-state index is 11.9. The number of hydrogen-bond acceptors (Lipinski definition) is 3. The minimum atomic E-state index is 0. The molecule has 1 unspecified atom stereocenters. The first-order chi connectivity index (χ1) is 13.5. The Morgan fingerprint density at radius 1 is 1.24 bits per heavy atom. The lowest BCUT2D eigenvalue weighted by Gasteiger charge is -2.18. The molecule has 1 aromatic carbocycles. The number of aliphatic imine (C=N–C) groups is 1. The minimum Gasteiger partial charge on any atom is -0.357 e. The summed E-state index contributed by atoms with van der Waals surface area (Å²) >= 11 is 0. The Hall–Kier alpha value is -1.84. The zero-order chi connectivity index (χ0) is 20.4. The zero-order valence-corrected chi connectivity index (χ0v) is 20.0. The van der Waals surface area contributed by atoms with Gasteiger partial charge in [0.25, 0.3) is 0 Å². The highest BCUT2D eigenvalue weighted by atomic mass is 127. The SMILES string of the molecule is CCCC(=O)Nc1cccc(CN=C(NCC)NC2CCN(C(=O)CC)C2)c1.I. The van der Waals surface area contributed by atoms with Crippen molar-refractivity contribution in [3.63, 3.8) is 0 Å². The fourth-order valence-corrected chi connectivity index (χ4v) is 3.21. The molecule has 1 fully saturated rings. The molecule has 0 aromatic heterocycles. The van der Waals surface area contributed by atoms with Crippen molar-refractivity contribution in [2.24, 2.45) is 4.99 Å². The van der Waals surface area contributed by atoms with Crippen LogP contribution in [-0.2, 0) is 16.1 Å². The lowest BCUT2D eigenvalue weighted by atomic mass is 10.2. The van der Waals surface area contributed by atoms with Crippen LogP contribution in [0.2, 0.25) is 0 Å². The summed E-state index contributed by atoms with van der Waals surface area (Å²) in [6, 6.07) is 7.99. The van der Waals surface area contributed by atoms with Crippen LogP contribution in [-0.4, -0.2) is 48.3 Å². The third-order valence-corrected chi connectivity index (χ3v) is 4.64. The maximum Gasteiger partial charge on any atom is 0.224 e. The lowest BCUT2D eigenvalue weighted by Crippen LogP contribution is -2.45. The molecule has 2 amide bonds. The summed E-state index contributed by atoms with van der Waals surface area (Å²) < 4.78 is 0. The first kappa shape index (κ1) is 25.2. The highest BCUT2D eigenvalue weighted by Crippen LogP contribution is 2.13. The second-order valence-corrected chi connectivity index (χ2v) is 7.02. The van der Waals surface area contributed by atoms with Crippen molar-refractivity contribution in [2.75, 3.05) is 25.0 Å². The summed E-state index contributed by atoms with van der Waals surface area (Å²) in [5.41, 5.74) is 1.83. The van der Waals surface area contributed by atoms with Gasteiger partial charge in [-0.05, 0) is 37.5 Å². The van der Waals surface area contributed by atoms with E-state index in [1.165, 1.54) is 0 Å². The molecule has 162 valence electrons. The smallest absolute Gasteiger partial charge is 0.224 e. The molecule has 0 aliphatic carbocycles. The molecule has 3 N–H and O–H groups in total. The van der Waals surface area contributed by atoms with Crippen LogP contribution in [0.3, 0.4) is 0 Å². The van der Waals surface area contributed by atoms with Crippen LogP contribution in [0.4, 0.5) is 5.69 Å². The number of amides is 2. The van der Waals surface area contributed by atoms with Gasteiger partial charge < -0.3 is 20.9 Å². The largest absolute Gasteiger partial charge is 0.357 e. The predicted octanol–water partition coefficient (Wildman–Crippen LogP) is 3.11. The molecule has 0 bridgehead atoms. The van der Waals surface area contributed by atoms with Gasteiger partial charge in [-0.15, -0.1) is 24.0 Å². The van der Waals surface area contributed by atoms with E-state index < -0.39 is 0 Å². The average Bonchev–Trinajstić information content (AvgIpc) is 3.14. The number of likely N-dealkylation sites (tertiary alicyclic amines) is 1. The molecule has 2 rings (SSSR count). The topological polar surface area (TPSA) is 85.8 Å². The van der Waals surface area contributed by atoms with E-state index in [0.29, 0.717) is 19.4 Å². The summed E-state index contributed by atoms with van der Waals surface area (Å²) in [6.45, 7) is 8.71. The number of carbonyl (C=O) groups is 2. The van der Waals surface area contributed by atoms with Crippen LogP contribution in [0.1, 0.15) is 52.0 Å². The molecule has 1 aliphatic rings. The van der Waals surface area contributed by atoms with Crippen molar-refractivity contribution in [3.8, 4) is 0 Å². The molecule has 0 spiro atoms. The van der Waals surface area contributed by atoms with Gasteiger partial charge in [-0.25, -0.2) is 4.99 Å². The Morgan fingerprint density at radius 3 is 2.72 bits per heavy atom. The van der Waals surface area contributed by atoms with Crippen LogP contribution >= 0.6 is 24.0 Å². The van der Waals surface area contributed by atoms with E-state index in [4.69, 9.17) is 0 Å². The van der Waals surface area contributed by atoms with Gasteiger partial charge in [0.05, 0.1) is 6.54 Å². The van der Waals surface area contributed by atoms with Crippen molar-refractivity contribution < 1.29 is 9.59 Å². The Balaban J connectivity index is 0.00000420. The summed E-state index contributed by atoms with van der Waals surface area (Å²) in [5, 5.41) is 9.62. The monoisotopic (exact) mass is 515 g/mol. The Labute approximate surface area is 191 Å². The first-order valence-corrected chi connectivity index (χ1v) is 10.3. The van der Waals surface area contributed by atoms with Gasteiger partial charge in [-0.3, -0.25) is 9.59 Å². The van der Waals surface area contributed by atoms with E-state index in [1.54, 1.807) is 0 Å². The van der Waals surface area contributed by atoms with Gasteiger partial charge in [-0.2, -0.15) is 0 Å². The van der Waals surface area contributed by atoms with Crippen molar-refractivity contribution in [1.29, 1.82) is 0 Å². The number of anilines is 1. The van der Waals surface area contributed by atoms with Crippen LogP contribution in [0.5, 0.6) is 0 Å². The molecular weight excluding hydrogens is 481 g/mol. The Kier molecular flexibility index (Phi) is 11.6. The normalized spacial score (nSPS) is 16.2. The molecular formula is C21H34IN5O2. The van der Waals surface area contributed by atoms with E-state index in [0.717, 1.165) is 49.7 Å². The predicted molar refractivity (Wildman–Crippen MR) is 129 cm³/mol. The number of guanidine groups is 1. The number of benzene rings is 1. The second kappa shape index (κ2) is 13.4. The highest BCUT2D eigenvalue weighted by Gasteiger charge is 2.25. The van der Waals surface area contributed by atoms with Gasteiger partial charge in [0, 0.05) is 44.2 Å². The van der Waals surface area contributed by atoms with Crippen LogP contribution in [0.15, 0.2) is 29.3 Å². The third-order valence-electron chi connectivity index (χ3n) is 4.64. The first-order valence-electron chi connectivity index (χ1n) is 10.3. The zero-order valence-electron chi connectivity index (χ0n) is 17.7. The quantitative estimate of drug-likeness (QED) is 0.282. The minimum absolute atomic E-state index is 0. The van der Waals surface area contributed by atoms with Crippen LogP contribution in [0, 0.1) is 0 Å². The van der Waals surface area contributed by atoms with Gasteiger partial charge in [-0.1, -0.05) is 26.0 Å². The number of rotatable bonds is 8. The number of carbonyl (C=O) groups excluding carboxylic acids is 2. The summed E-state index contributed by atoms with van der Waals surface area (Å²) in [7, 11) is 0. The number of halogens is 1. The van der Waals surface area contributed by atoms with Crippen LogP contribution < -0.4 is 16.0 Å². The number of nitrogens with one attached hydrogen (secondary N) is 3. The summed E-state index contributed by atoms with van der Waals surface area (Å²) in [4.78, 5) is 30.2. The van der Waals surface area contributed by atoms with Crippen LogP contribution in [0.25, 0.3) is 0 Å². The molecule has 1 atom stereocenters. The molecule has 1 heterocycles. The van der Waals surface area contributed by atoms with Crippen molar-refractivity contribution >= 4 is 47.4 Å². The molecule has 1 aromatic rings.